The highest BCUT2D eigenvalue weighted by molar-refractivity contribution is 5.78. The highest BCUT2D eigenvalue weighted by atomic mass is 14.7. The summed E-state index contributed by atoms with van der Waals surface area (Å²) in [5.74, 6) is 0.495. The van der Waals surface area contributed by atoms with Crippen LogP contribution in [0.2, 0.25) is 0 Å². The van der Waals surface area contributed by atoms with Crippen molar-refractivity contribution in [1.29, 1.82) is 0 Å². The predicted octanol–water partition coefficient (Wildman–Crippen LogP) is 4.58. The van der Waals surface area contributed by atoms with E-state index >= 15 is 0 Å². The van der Waals surface area contributed by atoms with Crippen LogP contribution >= 0.6 is 0 Å². The van der Waals surface area contributed by atoms with E-state index in [0.29, 0.717) is 5.92 Å². The smallest absolute Gasteiger partial charge is 0.0705 e. The van der Waals surface area contributed by atoms with Gasteiger partial charge in [0.15, 0.2) is 0 Å². The zero-order valence-electron chi connectivity index (χ0n) is 11.1. The highest BCUT2D eigenvalue weighted by Gasteiger charge is 2.07. The Morgan fingerprint density at radius 1 is 0.842 bits per heavy atom. The third-order valence-electron chi connectivity index (χ3n) is 3.54. The minimum absolute atomic E-state index is 0.495. The number of fused-ring (bicyclic) bond motifs is 1. The molecule has 0 saturated heterocycles. The third-order valence-corrected chi connectivity index (χ3v) is 3.54. The summed E-state index contributed by atoms with van der Waals surface area (Å²) in [5.41, 5.74) is 3.62. The van der Waals surface area contributed by atoms with Gasteiger partial charge < -0.3 is 0 Å². The maximum absolute atomic E-state index is 4.74. The molecule has 0 fully saturated rings. The first-order chi connectivity index (χ1) is 9.33. The van der Waals surface area contributed by atoms with Crippen molar-refractivity contribution in [3.63, 3.8) is 0 Å². The first-order valence-electron chi connectivity index (χ1n) is 6.72. The van der Waals surface area contributed by atoms with Crippen LogP contribution in [-0.4, -0.2) is 4.98 Å². The van der Waals surface area contributed by atoms with Gasteiger partial charge in [0.05, 0.1) is 5.52 Å². The standard InChI is InChI=1S/C18H17N/c1-14(15-7-3-2-4-8-15)13-17-12-11-16-9-5-6-10-18(16)19-17/h2-12,14H,13H2,1H3/t14-/m1/s1. The largest absolute Gasteiger partial charge is 0.253 e. The Labute approximate surface area is 113 Å². The van der Waals surface area contributed by atoms with Gasteiger partial charge in [0.1, 0.15) is 0 Å². The van der Waals surface area contributed by atoms with E-state index in [1.54, 1.807) is 0 Å². The molecule has 19 heavy (non-hydrogen) atoms. The molecule has 1 heterocycles. The van der Waals surface area contributed by atoms with Crippen LogP contribution in [0.15, 0.2) is 66.7 Å². The lowest BCUT2D eigenvalue weighted by atomic mass is 9.96. The average molecular weight is 247 g/mol. The fraction of sp³-hybridized carbons (Fsp3) is 0.167. The van der Waals surface area contributed by atoms with E-state index in [1.807, 2.05) is 6.07 Å². The van der Waals surface area contributed by atoms with Crippen LogP contribution in [0.3, 0.4) is 0 Å². The number of benzene rings is 2. The summed E-state index contributed by atoms with van der Waals surface area (Å²) in [6.07, 6.45) is 0.981. The van der Waals surface area contributed by atoms with Crippen molar-refractivity contribution in [2.75, 3.05) is 0 Å². The van der Waals surface area contributed by atoms with E-state index in [2.05, 4.69) is 67.6 Å². The van der Waals surface area contributed by atoms with Crippen molar-refractivity contribution >= 4 is 10.9 Å². The first-order valence-corrected chi connectivity index (χ1v) is 6.72. The highest BCUT2D eigenvalue weighted by Crippen LogP contribution is 2.20. The van der Waals surface area contributed by atoms with Gasteiger partial charge >= 0.3 is 0 Å². The lowest BCUT2D eigenvalue weighted by Crippen LogP contribution is -2.00. The number of para-hydroxylation sites is 1. The molecule has 0 aliphatic heterocycles. The Hall–Kier alpha value is -2.15. The second-order valence-corrected chi connectivity index (χ2v) is 5.01. The van der Waals surface area contributed by atoms with E-state index in [0.717, 1.165) is 17.6 Å². The summed E-state index contributed by atoms with van der Waals surface area (Å²) in [4.78, 5) is 4.74. The van der Waals surface area contributed by atoms with E-state index in [4.69, 9.17) is 4.98 Å². The second kappa shape index (κ2) is 5.23. The number of aromatic nitrogens is 1. The summed E-state index contributed by atoms with van der Waals surface area (Å²) in [6.45, 7) is 2.26. The molecule has 1 nitrogen and oxygen atoms in total. The van der Waals surface area contributed by atoms with Crippen LogP contribution in [0.4, 0.5) is 0 Å². The van der Waals surface area contributed by atoms with Crippen molar-refractivity contribution in [2.24, 2.45) is 0 Å². The number of rotatable bonds is 3. The van der Waals surface area contributed by atoms with Gasteiger partial charge in [-0.15, -0.1) is 0 Å². The van der Waals surface area contributed by atoms with Crippen molar-refractivity contribution in [1.82, 2.24) is 4.98 Å². The zero-order valence-corrected chi connectivity index (χ0v) is 11.1. The SMILES string of the molecule is C[C@H](Cc1ccc2ccccc2n1)c1ccccc1. The first kappa shape index (κ1) is 11.9. The Kier molecular flexibility index (Phi) is 3.28. The van der Waals surface area contributed by atoms with Crippen LogP contribution in [0.25, 0.3) is 10.9 Å². The molecule has 3 aromatic rings. The lowest BCUT2D eigenvalue weighted by Gasteiger charge is -2.11. The Morgan fingerprint density at radius 2 is 1.58 bits per heavy atom. The molecule has 0 spiro atoms. The van der Waals surface area contributed by atoms with Crippen LogP contribution in [0, 0.1) is 0 Å². The van der Waals surface area contributed by atoms with Crippen molar-refractivity contribution in [3.8, 4) is 0 Å². The van der Waals surface area contributed by atoms with Gasteiger partial charge in [-0.3, -0.25) is 4.98 Å². The molecule has 0 aliphatic rings. The number of hydrogen-bond donors (Lipinski definition) is 0. The number of hydrogen-bond acceptors (Lipinski definition) is 1. The zero-order chi connectivity index (χ0) is 13.1. The molecule has 0 amide bonds. The normalized spacial score (nSPS) is 12.5. The van der Waals surface area contributed by atoms with E-state index in [9.17, 15) is 0 Å². The Balaban J connectivity index is 1.85. The Bertz CT molecular complexity index is 673. The number of nitrogens with zero attached hydrogens (tertiary/aromatic N) is 1. The Morgan fingerprint density at radius 3 is 2.42 bits per heavy atom. The molecular formula is C18H17N. The van der Waals surface area contributed by atoms with Crippen LogP contribution < -0.4 is 0 Å². The van der Waals surface area contributed by atoms with Gasteiger partial charge in [0, 0.05) is 11.1 Å². The van der Waals surface area contributed by atoms with Gasteiger partial charge in [-0.25, -0.2) is 0 Å². The molecule has 1 heteroatoms. The molecule has 94 valence electrons. The molecule has 0 aliphatic carbocycles. The molecular weight excluding hydrogens is 230 g/mol. The summed E-state index contributed by atoms with van der Waals surface area (Å²) in [5, 5.41) is 1.21. The molecule has 0 unspecified atom stereocenters. The van der Waals surface area contributed by atoms with E-state index < -0.39 is 0 Å². The summed E-state index contributed by atoms with van der Waals surface area (Å²) < 4.78 is 0. The van der Waals surface area contributed by atoms with E-state index in [1.165, 1.54) is 10.9 Å². The maximum Gasteiger partial charge on any atom is 0.0705 e. The predicted molar refractivity (Wildman–Crippen MR) is 80.3 cm³/mol. The molecule has 1 aromatic heterocycles. The van der Waals surface area contributed by atoms with Gasteiger partial charge in [-0.05, 0) is 30.0 Å². The fourth-order valence-electron chi connectivity index (χ4n) is 2.44. The minimum atomic E-state index is 0.495. The van der Waals surface area contributed by atoms with Gasteiger partial charge in [0.2, 0.25) is 0 Å². The second-order valence-electron chi connectivity index (χ2n) is 5.01. The van der Waals surface area contributed by atoms with E-state index in [-0.39, 0.29) is 0 Å². The number of pyridine rings is 1. The van der Waals surface area contributed by atoms with Gasteiger partial charge in [-0.2, -0.15) is 0 Å². The van der Waals surface area contributed by atoms with Crippen molar-refractivity contribution in [2.45, 2.75) is 19.3 Å². The topological polar surface area (TPSA) is 12.9 Å². The third kappa shape index (κ3) is 2.65. The molecule has 0 bridgehead atoms. The van der Waals surface area contributed by atoms with Crippen molar-refractivity contribution < 1.29 is 0 Å². The molecule has 0 radical (unpaired) electrons. The average Bonchev–Trinajstić information content (AvgIpc) is 2.48. The summed E-state index contributed by atoms with van der Waals surface area (Å²) >= 11 is 0. The monoisotopic (exact) mass is 247 g/mol. The van der Waals surface area contributed by atoms with Crippen LogP contribution in [0.5, 0.6) is 0 Å². The van der Waals surface area contributed by atoms with Crippen molar-refractivity contribution in [3.05, 3.63) is 78.0 Å². The molecule has 0 saturated carbocycles. The van der Waals surface area contributed by atoms with Gasteiger partial charge in [-0.1, -0.05) is 61.5 Å². The maximum atomic E-state index is 4.74. The quantitative estimate of drug-likeness (QED) is 0.660. The molecule has 2 aromatic carbocycles. The van der Waals surface area contributed by atoms with Crippen LogP contribution in [0.1, 0.15) is 24.1 Å². The van der Waals surface area contributed by atoms with Gasteiger partial charge in [0.25, 0.3) is 0 Å². The minimum Gasteiger partial charge on any atom is -0.253 e. The summed E-state index contributed by atoms with van der Waals surface area (Å²) in [7, 11) is 0. The lowest BCUT2D eigenvalue weighted by molar-refractivity contribution is 0.744. The molecule has 3 rings (SSSR count). The molecule has 0 N–H and O–H groups in total. The van der Waals surface area contributed by atoms with Crippen LogP contribution in [-0.2, 0) is 6.42 Å². The summed E-state index contributed by atoms with van der Waals surface area (Å²) in [6, 6.07) is 23.2. The fourth-order valence-corrected chi connectivity index (χ4v) is 2.44. The molecule has 1 atom stereocenters.